The fourth-order valence-corrected chi connectivity index (χ4v) is 4.44. The van der Waals surface area contributed by atoms with Crippen LogP contribution >= 0.6 is 0 Å². The van der Waals surface area contributed by atoms with Crippen LogP contribution in [0.3, 0.4) is 0 Å². The van der Waals surface area contributed by atoms with Crippen LogP contribution < -0.4 is 16.0 Å². The lowest BCUT2D eigenvalue weighted by Crippen LogP contribution is -2.43. The fraction of sp³-hybridized carbons (Fsp3) is 0.400. The Morgan fingerprint density at radius 3 is 2.64 bits per heavy atom. The van der Waals surface area contributed by atoms with Gasteiger partial charge in [-0.3, -0.25) is 9.48 Å². The van der Waals surface area contributed by atoms with Crippen molar-refractivity contribution in [3.63, 3.8) is 0 Å². The number of carbonyl (C=O) groups excluding carboxylic acids is 1. The summed E-state index contributed by atoms with van der Waals surface area (Å²) >= 11 is 0. The number of aliphatic hydroxyl groups is 1. The Morgan fingerprint density at radius 2 is 2.03 bits per heavy atom. The smallest absolute Gasteiger partial charge is 0.255 e. The summed E-state index contributed by atoms with van der Waals surface area (Å²) in [5.41, 5.74) is 0.824. The molecule has 11 heteroatoms. The molecule has 3 aromatic heterocycles. The molecule has 1 fully saturated rings. The van der Waals surface area contributed by atoms with Gasteiger partial charge in [-0.2, -0.15) is 10.4 Å². The van der Waals surface area contributed by atoms with Crippen molar-refractivity contribution in [1.82, 2.24) is 25.1 Å². The van der Waals surface area contributed by atoms with Gasteiger partial charge in [-0.15, -0.1) is 0 Å². The minimum absolute atomic E-state index is 0.0279. The van der Waals surface area contributed by atoms with Crippen molar-refractivity contribution in [3.05, 3.63) is 59.4 Å². The summed E-state index contributed by atoms with van der Waals surface area (Å²) in [5.74, 6) is -0.739. The molecule has 1 aliphatic carbocycles. The van der Waals surface area contributed by atoms with Gasteiger partial charge in [-0.05, 0) is 51.7 Å². The lowest BCUT2D eigenvalue weighted by molar-refractivity contribution is -0.0149. The van der Waals surface area contributed by atoms with E-state index in [4.69, 9.17) is 5.26 Å². The molecule has 0 aliphatic heterocycles. The molecule has 36 heavy (non-hydrogen) atoms. The zero-order valence-electron chi connectivity index (χ0n) is 20.4. The molecule has 4 rings (SSSR count). The van der Waals surface area contributed by atoms with Crippen LogP contribution in [0.2, 0.25) is 0 Å². The third-order valence-corrected chi connectivity index (χ3v) is 6.26. The molecule has 3 heterocycles. The van der Waals surface area contributed by atoms with Crippen LogP contribution in [0.1, 0.15) is 61.1 Å². The number of halogens is 1. The Balaban J connectivity index is 1.47. The first-order valence-electron chi connectivity index (χ1n) is 11.8. The zero-order valence-corrected chi connectivity index (χ0v) is 20.4. The van der Waals surface area contributed by atoms with E-state index >= 15 is 0 Å². The van der Waals surface area contributed by atoms with Crippen molar-refractivity contribution in [2.45, 2.75) is 57.2 Å². The second-order valence-corrected chi connectivity index (χ2v) is 9.32. The van der Waals surface area contributed by atoms with Crippen molar-refractivity contribution < 1.29 is 14.3 Å². The van der Waals surface area contributed by atoms with E-state index in [-0.39, 0.29) is 29.4 Å². The van der Waals surface area contributed by atoms with Crippen LogP contribution in [-0.4, -0.2) is 42.8 Å². The van der Waals surface area contributed by atoms with Gasteiger partial charge in [0.25, 0.3) is 5.91 Å². The molecule has 3 aromatic rings. The molecule has 0 atom stereocenters. The maximum absolute atomic E-state index is 14.3. The normalized spacial score (nSPS) is 19.5. The van der Waals surface area contributed by atoms with Gasteiger partial charge >= 0.3 is 0 Å². The Kier molecular flexibility index (Phi) is 7.17. The number of nitrogens with one attached hydrogen (secondary N) is 3. The minimum atomic E-state index is -0.958. The summed E-state index contributed by atoms with van der Waals surface area (Å²) in [6.07, 6.45) is 6.63. The minimum Gasteiger partial charge on any atom is -0.384 e. The quantitative estimate of drug-likeness (QED) is 0.394. The molecule has 10 nitrogen and oxygen atoms in total. The highest BCUT2D eigenvalue weighted by molar-refractivity contribution is 6.00. The van der Waals surface area contributed by atoms with E-state index in [1.54, 1.807) is 16.9 Å². The number of anilines is 3. The maximum Gasteiger partial charge on any atom is 0.255 e. The number of carbonyl (C=O) groups is 1. The first kappa shape index (κ1) is 25.1. The summed E-state index contributed by atoms with van der Waals surface area (Å²) in [4.78, 5) is 21.4. The van der Waals surface area contributed by atoms with E-state index < -0.39 is 11.4 Å². The topological polar surface area (TPSA) is 141 Å². The third kappa shape index (κ3) is 5.44. The van der Waals surface area contributed by atoms with Gasteiger partial charge in [-0.25, -0.2) is 14.4 Å². The van der Waals surface area contributed by atoms with E-state index in [0.29, 0.717) is 42.8 Å². The van der Waals surface area contributed by atoms with Crippen LogP contribution in [0, 0.1) is 17.1 Å². The molecule has 1 saturated carbocycles. The van der Waals surface area contributed by atoms with E-state index in [2.05, 4.69) is 31.0 Å². The molecule has 0 unspecified atom stereocenters. The lowest BCUT2D eigenvalue weighted by Gasteiger charge is -2.36. The standard InChI is InChI=1S/C25H29FN8O2/c1-15(2)31-20-11-22(33-23-19(26)10-16(12-27)13-29-23)28-14-18(20)24(35)32-17-4-7-25(36,8-5-17)21-6-9-30-34(21)3/h6,9-11,13-15,17,36H,4-5,7-8H2,1-3H3,(H,32,35)(H2,28,29,31,33). The molecule has 0 spiro atoms. The van der Waals surface area contributed by atoms with Gasteiger partial charge in [0.2, 0.25) is 0 Å². The highest BCUT2D eigenvalue weighted by Gasteiger charge is 2.37. The first-order chi connectivity index (χ1) is 17.2. The molecule has 4 N–H and O–H groups in total. The number of aromatic nitrogens is 4. The molecular weight excluding hydrogens is 463 g/mol. The van der Waals surface area contributed by atoms with E-state index in [1.807, 2.05) is 33.0 Å². The van der Waals surface area contributed by atoms with Gasteiger partial charge in [-0.1, -0.05) is 0 Å². The molecule has 1 amide bonds. The summed E-state index contributed by atoms with van der Waals surface area (Å²) in [6, 6.07) is 6.31. The molecule has 0 aromatic carbocycles. The van der Waals surface area contributed by atoms with Crippen molar-refractivity contribution >= 4 is 23.2 Å². The number of aryl methyl sites for hydroxylation is 1. The number of rotatable bonds is 7. The van der Waals surface area contributed by atoms with Crippen LogP contribution in [-0.2, 0) is 12.6 Å². The zero-order chi connectivity index (χ0) is 25.9. The number of hydrogen-bond donors (Lipinski definition) is 4. The highest BCUT2D eigenvalue weighted by Crippen LogP contribution is 2.37. The monoisotopic (exact) mass is 492 g/mol. The van der Waals surface area contributed by atoms with E-state index in [9.17, 15) is 14.3 Å². The Labute approximate surface area is 208 Å². The van der Waals surface area contributed by atoms with Crippen molar-refractivity contribution in [3.8, 4) is 6.07 Å². The average molecular weight is 493 g/mol. The predicted octanol–water partition coefficient (Wildman–Crippen LogP) is 3.34. The molecular formula is C25H29FN8O2. The largest absolute Gasteiger partial charge is 0.384 e. The predicted molar refractivity (Wildman–Crippen MR) is 132 cm³/mol. The Bertz CT molecular complexity index is 1290. The Hall–Kier alpha value is -4.04. The number of nitrogens with zero attached hydrogens (tertiary/aromatic N) is 5. The highest BCUT2D eigenvalue weighted by atomic mass is 19.1. The summed E-state index contributed by atoms with van der Waals surface area (Å²) < 4.78 is 15.9. The van der Waals surface area contributed by atoms with Crippen molar-refractivity contribution in [2.75, 3.05) is 10.6 Å². The number of pyridine rings is 2. The molecule has 188 valence electrons. The molecule has 1 aliphatic rings. The maximum atomic E-state index is 14.3. The average Bonchev–Trinajstić information content (AvgIpc) is 3.28. The van der Waals surface area contributed by atoms with E-state index in [0.717, 1.165) is 11.8 Å². The van der Waals surface area contributed by atoms with E-state index in [1.165, 1.54) is 12.4 Å². The van der Waals surface area contributed by atoms with Gasteiger partial charge in [0.15, 0.2) is 11.6 Å². The van der Waals surface area contributed by atoms with Crippen LogP contribution in [0.15, 0.2) is 36.8 Å². The molecule has 0 radical (unpaired) electrons. The van der Waals surface area contributed by atoms with Gasteiger partial charge in [0.05, 0.1) is 22.5 Å². The van der Waals surface area contributed by atoms with Gasteiger partial charge in [0.1, 0.15) is 17.5 Å². The second kappa shape index (κ2) is 10.3. The van der Waals surface area contributed by atoms with Crippen molar-refractivity contribution in [2.24, 2.45) is 7.05 Å². The molecule has 0 bridgehead atoms. The van der Waals surface area contributed by atoms with Crippen LogP contribution in [0.25, 0.3) is 0 Å². The Morgan fingerprint density at radius 1 is 1.28 bits per heavy atom. The van der Waals surface area contributed by atoms with Crippen LogP contribution in [0.4, 0.5) is 21.7 Å². The molecule has 0 saturated heterocycles. The summed E-state index contributed by atoms with van der Waals surface area (Å²) in [7, 11) is 1.81. The summed E-state index contributed by atoms with van der Waals surface area (Å²) in [6.45, 7) is 3.88. The van der Waals surface area contributed by atoms with Crippen LogP contribution in [0.5, 0.6) is 0 Å². The second-order valence-electron chi connectivity index (χ2n) is 9.32. The number of hydrogen-bond acceptors (Lipinski definition) is 8. The van der Waals surface area contributed by atoms with Gasteiger partial charge < -0.3 is 21.1 Å². The number of amides is 1. The third-order valence-electron chi connectivity index (χ3n) is 6.26. The summed E-state index contributed by atoms with van der Waals surface area (Å²) in [5, 5.41) is 33.2. The first-order valence-corrected chi connectivity index (χ1v) is 11.8. The van der Waals surface area contributed by atoms with Crippen molar-refractivity contribution in [1.29, 1.82) is 5.26 Å². The SMILES string of the molecule is CC(C)Nc1cc(Nc2ncc(C#N)cc2F)ncc1C(=O)NC1CCC(O)(c2ccnn2C)CC1. The number of nitriles is 1. The van der Waals surface area contributed by atoms with Gasteiger partial charge in [0, 0.05) is 43.8 Å². The lowest BCUT2D eigenvalue weighted by atomic mass is 9.80. The fourth-order valence-electron chi connectivity index (χ4n) is 4.44.